The maximum absolute atomic E-state index is 6.00. The van der Waals surface area contributed by atoms with Crippen molar-refractivity contribution in [2.45, 2.75) is 6.61 Å². The van der Waals surface area contributed by atoms with Crippen LogP contribution in [0.15, 0.2) is 85.2 Å². The molecule has 1 aliphatic heterocycles. The Morgan fingerprint density at radius 1 is 0.872 bits per heavy atom. The molecule has 0 amide bonds. The number of hydrogen-bond acceptors (Lipinski definition) is 6. The van der Waals surface area contributed by atoms with Gasteiger partial charge in [0.05, 0.1) is 23.1 Å². The number of nitrogens with one attached hydrogen (secondary N) is 2. The summed E-state index contributed by atoms with van der Waals surface area (Å²) in [5.41, 5.74) is 8.63. The molecule has 1 aliphatic rings. The van der Waals surface area contributed by atoms with Gasteiger partial charge in [-0.2, -0.15) is 5.10 Å². The van der Waals surface area contributed by atoms with Crippen LogP contribution < -0.4 is 9.64 Å². The number of piperazine rings is 1. The number of aromatic amines is 2. The minimum atomic E-state index is 0.487. The van der Waals surface area contributed by atoms with Crippen molar-refractivity contribution >= 4 is 27.6 Å². The summed E-state index contributed by atoms with van der Waals surface area (Å²) in [5, 5.41) is 9.01. The van der Waals surface area contributed by atoms with E-state index in [-0.39, 0.29) is 0 Å². The molecule has 7 rings (SSSR count). The van der Waals surface area contributed by atoms with E-state index < -0.39 is 0 Å². The number of aromatic nitrogens is 5. The Morgan fingerprint density at radius 2 is 1.74 bits per heavy atom. The van der Waals surface area contributed by atoms with Crippen LogP contribution >= 0.6 is 0 Å². The maximum Gasteiger partial charge on any atom is 0.138 e. The van der Waals surface area contributed by atoms with Crippen molar-refractivity contribution in [3.05, 3.63) is 90.8 Å². The highest BCUT2D eigenvalue weighted by atomic mass is 16.5. The first-order valence-corrected chi connectivity index (χ1v) is 13.2. The number of fused-ring (bicyclic) bond motifs is 2. The Hall–Kier alpha value is -4.69. The normalized spacial score (nSPS) is 14.3. The highest BCUT2D eigenvalue weighted by Gasteiger charge is 2.19. The number of hydrogen-bond donors (Lipinski definition) is 2. The van der Waals surface area contributed by atoms with Crippen molar-refractivity contribution < 1.29 is 4.74 Å². The van der Waals surface area contributed by atoms with Crippen LogP contribution in [0.5, 0.6) is 5.75 Å². The highest BCUT2D eigenvalue weighted by molar-refractivity contribution is 5.99. The molecule has 0 spiro atoms. The number of ether oxygens (including phenoxy) is 1. The van der Waals surface area contributed by atoms with Gasteiger partial charge in [0.15, 0.2) is 0 Å². The lowest BCUT2D eigenvalue weighted by atomic mass is 10.1. The third-order valence-electron chi connectivity index (χ3n) is 7.41. The predicted molar refractivity (Wildman–Crippen MR) is 155 cm³/mol. The summed E-state index contributed by atoms with van der Waals surface area (Å²) in [6.07, 6.45) is 3.55. The number of rotatable bonds is 6. The number of H-pyrrole nitrogens is 2. The van der Waals surface area contributed by atoms with Crippen molar-refractivity contribution in [1.82, 2.24) is 30.0 Å². The van der Waals surface area contributed by atoms with Crippen molar-refractivity contribution in [2.24, 2.45) is 0 Å². The van der Waals surface area contributed by atoms with Crippen LogP contribution in [0.25, 0.3) is 44.6 Å². The molecule has 4 aromatic heterocycles. The molecule has 5 heterocycles. The van der Waals surface area contributed by atoms with Crippen LogP contribution in [0.2, 0.25) is 0 Å². The summed E-state index contributed by atoms with van der Waals surface area (Å²) >= 11 is 0. The Bertz CT molecular complexity index is 1750. The molecule has 8 heteroatoms. The van der Waals surface area contributed by atoms with Crippen LogP contribution in [-0.4, -0.2) is 63.3 Å². The average molecular weight is 516 g/mol. The molecule has 0 bridgehead atoms. The number of pyridine rings is 2. The summed E-state index contributed by atoms with van der Waals surface area (Å²) in [6, 6.07) is 24.8. The van der Waals surface area contributed by atoms with Gasteiger partial charge in [0.25, 0.3) is 0 Å². The Morgan fingerprint density at radius 3 is 2.62 bits per heavy atom. The molecule has 8 nitrogen and oxygen atoms in total. The Labute approximate surface area is 226 Å². The molecule has 0 atom stereocenters. The third-order valence-corrected chi connectivity index (χ3v) is 7.41. The second-order valence-corrected chi connectivity index (χ2v) is 10.1. The molecule has 1 saturated heterocycles. The summed E-state index contributed by atoms with van der Waals surface area (Å²) < 4.78 is 6.00. The zero-order chi connectivity index (χ0) is 26.2. The van der Waals surface area contributed by atoms with Gasteiger partial charge in [-0.25, -0.2) is 4.98 Å². The van der Waals surface area contributed by atoms with Gasteiger partial charge in [-0.1, -0.05) is 36.4 Å². The number of benzene rings is 2. The van der Waals surface area contributed by atoms with E-state index in [1.165, 1.54) is 11.1 Å². The van der Waals surface area contributed by atoms with E-state index in [4.69, 9.17) is 9.72 Å². The summed E-state index contributed by atoms with van der Waals surface area (Å²) in [6.45, 7) is 4.67. The molecular formula is C31H29N7O. The predicted octanol–water partition coefficient (Wildman–Crippen LogP) is 5.50. The lowest BCUT2D eigenvalue weighted by molar-refractivity contribution is 0.305. The Kier molecular flexibility index (Phi) is 5.94. The Balaban J connectivity index is 1.20. The standard InChI is InChI=1S/C31H29N7O/c1-37-12-14-38(15-13-37)29-9-5-8-26-24(29)17-28(33-26)31-30-27(35-36-31)11-10-25(34-30)22-16-23(19-32-18-22)39-20-21-6-3-2-4-7-21/h2-11,16-19,33H,12-15,20H2,1H3,(H,35,36). The molecule has 0 saturated carbocycles. The van der Waals surface area contributed by atoms with Crippen molar-refractivity contribution in [1.29, 1.82) is 0 Å². The zero-order valence-electron chi connectivity index (χ0n) is 21.8. The second kappa shape index (κ2) is 9.89. The molecule has 6 aromatic rings. The van der Waals surface area contributed by atoms with E-state index in [1.54, 1.807) is 6.20 Å². The summed E-state index contributed by atoms with van der Waals surface area (Å²) in [4.78, 5) is 17.8. The van der Waals surface area contributed by atoms with Gasteiger partial charge >= 0.3 is 0 Å². The second-order valence-electron chi connectivity index (χ2n) is 10.1. The van der Waals surface area contributed by atoms with Gasteiger partial charge in [0, 0.05) is 54.5 Å². The minimum absolute atomic E-state index is 0.487. The van der Waals surface area contributed by atoms with Gasteiger partial charge in [-0.3, -0.25) is 10.1 Å². The van der Waals surface area contributed by atoms with Crippen molar-refractivity contribution in [3.63, 3.8) is 0 Å². The average Bonchev–Trinajstić information content (AvgIpc) is 3.61. The molecular weight excluding hydrogens is 486 g/mol. The molecule has 2 aromatic carbocycles. The molecule has 0 aliphatic carbocycles. The molecule has 2 N–H and O–H groups in total. The third kappa shape index (κ3) is 4.59. The SMILES string of the molecule is CN1CCN(c2cccc3[nH]c(-c4n[nH]c5ccc(-c6cncc(OCc7ccccc7)c6)nc45)cc23)CC1. The topological polar surface area (TPSA) is 86.0 Å². The van der Waals surface area contributed by atoms with Gasteiger partial charge in [-0.15, -0.1) is 0 Å². The maximum atomic E-state index is 6.00. The summed E-state index contributed by atoms with van der Waals surface area (Å²) in [7, 11) is 2.18. The molecule has 194 valence electrons. The zero-order valence-corrected chi connectivity index (χ0v) is 21.8. The minimum Gasteiger partial charge on any atom is -0.487 e. The van der Waals surface area contributed by atoms with Crippen molar-refractivity contribution in [2.75, 3.05) is 38.1 Å². The largest absolute Gasteiger partial charge is 0.487 e. The van der Waals surface area contributed by atoms with Crippen LogP contribution in [-0.2, 0) is 6.61 Å². The smallest absolute Gasteiger partial charge is 0.138 e. The molecule has 1 fully saturated rings. The fourth-order valence-electron chi connectivity index (χ4n) is 5.22. The van der Waals surface area contributed by atoms with E-state index in [0.717, 1.165) is 70.9 Å². The highest BCUT2D eigenvalue weighted by Crippen LogP contribution is 2.34. The van der Waals surface area contributed by atoms with Gasteiger partial charge in [0.2, 0.25) is 0 Å². The van der Waals surface area contributed by atoms with E-state index in [9.17, 15) is 0 Å². The fraction of sp³-hybridized carbons (Fsp3) is 0.194. The van der Waals surface area contributed by atoms with Gasteiger partial charge in [-0.05, 0) is 49.0 Å². The lowest BCUT2D eigenvalue weighted by Gasteiger charge is -2.34. The van der Waals surface area contributed by atoms with Crippen LogP contribution in [0, 0.1) is 0 Å². The number of likely N-dealkylation sites (N-methyl/N-ethyl adjacent to an activating group) is 1. The van der Waals surface area contributed by atoms with Crippen LogP contribution in [0.1, 0.15) is 5.56 Å². The molecule has 39 heavy (non-hydrogen) atoms. The monoisotopic (exact) mass is 515 g/mol. The lowest BCUT2D eigenvalue weighted by Crippen LogP contribution is -2.44. The van der Waals surface area contributed by atoms with E-state index in [0.29, 0.717) is 12.4 Å². The van der Waals surface area contributed by atoms with Crippen molar-refractivity contribution in [3.8, 4) is 28.4 Å². The first-order valence-electron chi connectivity index (χ1n) is 13.2. The van der Waals surface area contributed by atoms with E-state index in [1.807, 2.05) is 54.7 Å². The molecule has 0 unspecified atom stereocenters. The summed E-state index contributed by atoms with van der Waals surface area (Å²) in [5.74, 6) is 0.706. The first-order chi connectivity index (χ1) is 19.2. The van der Waals surface area contributed by atoms with E-state index in [2.05, 4.69) is 61.3 Å². The van der Waals surface area contributed by atoms with Gasteiger partial charge in [0.1, 0.15) is 23.6 Å². The number of anilines is 1. The number of nitrogens with zero attached hydrogens (tertiary/aromatic N) is 5. The fourth-order valence-corrected chi connectivity index (χ4v) is 5.22. The molecule has 0 radical (unpaired) electrons. The van der Waals surface area contributed by atoms with Crippen LogP contribution in [0.3, 0.4) is 0 Å². The van der Waals surface area contributed by atoms with E-state index >= 15 is 0 Å². The first kappa shape index (κ1) is 23.4. The van der Waals surface area contributed by atoms with Crippen LogP contribution in [0.4, 0.5) is 5.69 Å². The van der Waals surface area contributed by atoms with Gasteiger partial charge < -0.3 is 19.5 Å². The quantitative estimate of drug-likeness (QED) is 0.305.